The van der Waals surface area contributed by atoms with Crippen LogP contribution in [0.1, 0.15) is 41.3 Å². The molecule has 0 saturated carbocycles. The Labute approximate surface area is 172 Å². The van der Waals surface area contributed by atoms with Crippen molar-refractivity contribution in [3.05, 3.63) is 83.7 Å². The monoisotopic (exact) mass is 388 g/mol. The van der Waals surface area contributed by atoms with Gasteiger partial charge in [0.15, 0.2) is 0 Å². The van der Waals surface area contributed by atoms with E-state index in [0.29, 0.717) is 12.1 Å². The van der Waals surface area contributed by atoms with Gasteiger partial charge in [-0.15, -0.1) is 0 Å². The average molecular weight is 389 g/mol. The Morgan fingerprint density at radius 3 is 2.38 bits per heavy atom. The Bertz CT molecular complexity index is 909. The highest BCUT2D eigenvalue weighted by atomic mass is 16.1. The van der Waals surface area contributed by atoms with Crippen LogP contribution in [-0.4, -0.2) is 33.7 Å². The summed E-state index contributed by atoms with van der Waals surface area (Å²) in [6, 6.07) is 17.9. The molecule has 29 heavy (non-hydrogen) atoms. The van der Waals surface area contributed by atoms with E-state index in [1.165, 1.54) is 31.5 Å². The molecule has 1 saturated heterocycles. The van der Waals surface area contributed by atoms with Crippen molar-refractivity contribution in [2.75, 3.05) is 13.1 Å². The van der Waals surface area contributed by atoms with E-state index in [-0.39, 0.29) is 5.91 Å². The van der Waals surface area contributed by atoms with E-state index in [9.17, 15) is 4.79 Å². The quantitative estimate of drug-likeness (QED) is 0.693. The summed E-state index contributed by atoms with van der Waals surface area (Å²) in [4.78, 5) is 15.0. The number of hydrogen-bond acceptors (Lipinski definition) is 3. The van der Waals surface area contributed by atoms with Crippen molar-refractivity contribution in [1.82, 2.24) is 20.0 Å². The molecular formula is C24H28N4O. The van der Waals surface area contributed by atoms with Crippen LogP contribution in [0.3, 0.4) is 0 Å². The Hall–Kier alpha value is -2.92. The van der Waals surface area contributed by atoms with Gasteiger partial charge in [0, 0.05) is 31.0 Å². The lowest BCUT2D eigenvalue weighted by Gasteiger charge is -2.30. The summed E-state index contributed by atoms with van der Waals surface area (Å²) in [5, 5.41) is 7.20. The van der Waals surface area contributed by atoms with Crippen molar-refractivity contribution in [1.29, 1.82) is 0 Å². The standard InChI is InChI=1S/C24H28N4O/c1-19-11-15-27(16-12-19)18-21-5-3-20(4-6-21)17-25-24(29)22-7-9-23(10-8-22)28-14-2-13-26-28/h2-10,13-14,19H,11-12,15-18H2,1H3,(H,25,29). The second-order valence-electron chi connectivity index (χ2n) is 7.96. The number of carbonyl (C=O) groups is 1. The van der Waals surface area contributed by atoms with Crippen LogP contribution in [0.15, 0.2) is 67.0 Å². The maximum atomic E-state index is 12.4. The van der Waals surface area contributed by atoms with Crippen molar-refractivity contribution in [2.24, 2.45) is 5.92 Å². The number of aromatic nitrogens is 2. The zero-order chi connectivity index (χ0) is 20.1. The van der Waals surface area contributed by atoms with Gasteiger partial charge >= 0.3 is 0 Å². The zero-order valence-electron chi connectivity index (χ0n) is 16.9. The molecule has 5 nitrogen and oxygen atoms in total. The first kappa shape index (κ1) is 19.4. The maximum Gasteiger partial charge on any atom is 0.251 e. The summed E-state index contributed by atoms with van der Waals surface area (Å²) in [5.41, 5.74) is 4.04. The Kier molecular flexibility index (Phi) is 6.06. The molecule has 3 aromatic rings. The molecule has 0 aliphatic carbocycles. The third kappa shape index (κ3) is 5.12. The smallest absolute Gasteiger partial charge is 0.251 e. The number of likely N-dealkylation sites (tertiary alicyclic amines) is 1. The van der Waals surface area contributed by atoms with Crippen molar-refractivity contribution >= 4 is 5.91 Å². The minimum absolute atomic E-state index is 0.0662. The maximum absolute atomic E-state index is 12.4. The fraction of sp³-hybridized carbons (Fsp3) is 0.333. The van der Waals surface area contributed by atoms with Crippen molar-refractivity contribution in [2.45, 2.75) is 32.9 Å². The normalized spacial score (nSPS) is 15.3. The molecule has 1 N–H and O–H groups in total. The van der Waals surface area contributed by atoms with E-state index in [0.717, 1.165) is 23.7 Å². The number of nitrogens with one attached hydrogen (secondary N) is 1. The van der Waals surface area contributed by atoms with Crippen LogP contribution < -0.4 is 5.32 Å². The van der Waals surface area contributed by atoms with Gasteiger partial charge in [0.1, 0.15) is 0 Å². The molecule has 1 amide bonds. The largest absolute Gasteiger partial charge is 0.348 e. The SMILES string of the molecule is CC1CCN(Cc2ccc(CNC(=O)c3ccc(-n4cccn4)cc3)cc2)CC1. The van der Waals surface area contributed by atoms with Gasteiger partial charge in [-0.1, -0.05) is 31.2 Å². The molecular weight excluding hydrogens is 360 g/mol. The number of amides is 1. The van der Waals surface area contributed by atoms with Crippen LogP contribution >= 0.6 is 0 Å². The number of benzene rings is 2. The lowest BCUT2D eigenvalue weighted by molar-refractivity contribution is 0.0951. The molecule has 150 valence electrons. The first-order valence-corrected chi connectivity index (χ1v) is 10.4. The second kappa shape index (κ2) is 9.05. The van der Waals surface area contributed by atoms with Crippen LogP contribution in [0.25, 0.3) is 5.69 Å². The summed E-state index contributed by atoms with van der Waals surface area (Å²) in [7, 11) is 0. The van der Waals surface area contributed by atoms with Crippen LogP contribution in [0.5, 0.6) is 0 Å². The summed E-state index contributed by atoms with van der Waals surface area (Å²) < 4.78 is 1.77. The molecule has 0 unspecified atom stereocenters. The lowest BCUT2D eigenvalue weighted by Crippen LogP contribution is -2.32. The van der Waals surface area contributed by atoms with Gasteiger partial charge in [0.05, 0.1) is 5.69 Å². The van der Waals surface area contributed by atoms with Crippen molar-refractivity contribution in [3.8, 4) is 5.69 Å². The second-order valence-corrected chi connectivity index (χ2v) is 7.96. The van der Waals surface area contributed by atoms with Gasteiger partial charge in [-0.2, -0.15) is 5.10 Å². The number of carbonyl (C=O) groups excluding carboxylic acids is 1. The van der Waals surface area contributed by atoms with E-state index < -0.39 is 0 Å². The molecule has 2 aromatic carbocycles. The van der Waals surface area contributed by atoms with Crippen molar-refractivity contribution < 1.29 is 4.79 Å². The highest BCUT2D eigenvalue weighted by molar-refractivity contribution is 5.94. The van der Waals surface area contributed by atoms with E-state index in [4.69, 9.17) is 0 Å². The molecule has 1 aliphatic heterocycles. The number of hydrogen-bond donors (Lipinski definition) is 1. The van der Waals surface area contributed by atoms with Gasteiger partial charge < -0.3 is 5.32 Å². The first-order valence-electron chi connectivity index (χ1n) is 10.4. The van der Waals surface area contributed by atoms with E-state index in [1.807, 2.05) is 36.5 Å². The molecule has 4 rings (SSSR count). The minimum Gasteiger partial charge on any atom is -0.348 e. The van der Waals surface area contributed by atoms with Gasteiger partial charge in [-0.3, -0.25) is 9.69 Å². The van der Waals surface area contributed by atoms with Gasteiger partial charge in [-0.25, -0.2) is 4.68 Å². The van der Waals surface area contributed by atoms with Crippen LogP contribution in [-0.2, 0) is 13.1 Å². The predicted octanol–water partition coefficient (Wildman–Crippen LogP) is 4.03. The molecule has 2 heterocycles. The molecule has 0 spiro atoms. The minimum atomic E-state index is -0.0662. The third-order valence-corrected chi connectivity index (χ3v) is 5.66. The van der Waals surface area contributed by atoms with E-state index in [1.54, 1.807) is 10.9 Å². The molecule has 1 aromatic heterocycles. The summed E-state index contributed by atoms with van der Waals surface area (Å²) in [6.07, 6.45) is 6.21. The highest BCUT2D eigenvalue weighted by Gasteiger charge is 2.15. The summed E-state index contributed by atoms with van der Waals surface area (Å²) >= 11 is 0. The molecule has 1 fully saturated rings. The Morgan fingerprint density at radius 1 is 1.03 bits per heavy atom. The van der Waals surface area contributed by atoms with Gasteiger partial charge in [-0.05, 0) is 73.3 Å². The molecule has 0 atom stereocenters. The van der Waals surface area contributed by atoms with E-state index >= 15 is 0 Å². The average Bonchev–Trinajstić information content (AvgIpc) is 3.30. The molecule has 1 aliphatic rings. The first-order chi connectivity index (χ1) is 14.2. The fourth-order valence-corrected chi connectivity index (χ4v) is 3.71. The third-order valence-electron chi connectivity index (χ3n) is 5.66. The predicted molar refractivity (Wildman–Crippen MR) is 115 cm³/mol. The van der Waals surface area contributed by atoms with Crippen LogP contribution in [0.2, 0.25) is 0 Å². The van der Waals surface area contributed by atoms with Gasteiger partial charge in [0.25, 0.3) is 5.91 Å². The lowest BCUT2D eigenvalue weighted by atomic mass is 9.99. The highest BCUT2D eigenvalue weighted by Crippen LogP contribution is 2.18. The molecule has 0 radical (unpaired) electrons. The van der Waals surface area contributed by atoms with Crippen LogP contribution in [0.4, 0.5) is 0 Å². The zero-order valence-corrected chi connectivity index (χ0v) is 16.9. The van der Waals surface area contributed by atoms with Crippen molar-refractivity contribution in [3.63, 3.8) is 0 Å². The van der Waals surface area contributed by atoms with Gasteiger partial charge in [0.2, 0.25) is 0 Å². The molecule has 0 bridgehead atoms. The number of rotatable bonds is 6. The van der Waals surface area contributed by atoms with E-state index in [2.05, 4.69) is 46.5 Å². The number of piperidine rings is 1. The number of nitrogens with zero attached hydrogens (tertiary/aromatic N) is 3. The molecule has 5 heteroatoms. The topological polar surface area (TPSA) is 50.2 Å². The Balaban J connectivity index is 1.28. The van der Waals surface area contributed by atoms with Crippen LogP contribution in [0, 0.1) is 5.92 Å². The summed E-state index contributed by atoms with van der Waals surface area (Å²) in [5.74, 6) is 0.794. The summed E-state index contributed by atoms with van der Waals surface area (Å²) in [6.45, 7) is 6.27. The fourth-order valence-electron chi connectivity index (χ4n) is 3.71. The Morgan fingerprint density at radius 2 is 1.72 bits per heavy atom.